The van der Waals surface area contributed by atoms with Crippen LogP contribution >= 0.6 is 22.7 Å². The lowest BCUT2D eigenvalue weighted by molar-refractivity contribution is -0.139. The van der Waals surface area contributed by atoms with Crippen LogP contribution in [0.4, 0.5) is 0 Å². The van der Waals surface area contributed by atoms with Gasteiger partial charge in [0, 0.05) is 34.3 Å². The summed E-state index contributed by atoms with van der Waals surface area (Å²) in [5.74, 6) is 0.892. The van der Waals surface area contributed by atoms with E-state index < -0.39 is 0 Å². The van der Waals surface area contributed by atoms with Gasteiger partial charge in [-0.1, -0.05) is 59.1 Å². The number of esters is 1. The molecule has 4 aromatic carbocycles. The summed E-state index contributed by atoms with van der Waals surface area (Å²) in [4.78, 5) is 11.5. The smallest absolute Gasteiger partial charge is 0.319 e. The van der Waals surface area contributed by atoms with Gasteiger partial charge in [0.25, 0.3) is 0 Å². The topological polar surface area (TPSA) is 182 Å². The van der Waals surface area contributed by atoms with Crippen molar-refractivity contribution in [2.45, 2.75) is 77.7 Å². The number of carbonyl (C=O) groups excluding carboxylic acids is 1. The first-order valence-corrected chi connectivity index (χ1v) is 21.1. The Kier molecular flexibility index (Phi) is 12.7. The summed E-state index contributed by atoms with van der Waals surface area (Å²) in [5.41, 5.74) is 16.0. The molecule has 0 radical (unpaired) electrons. The predicted octanol–water partition coefficient (Wildman–Crippen LogP) is 8.76. The standard InChI is InChI=1S/C24H24N4O3S.C21H20N4OS/c1-14(2)31-21-10-7-15(11-16(21)12-25)23-27-28-24(32-23)19-6-4-5-18-17(19)8-9-20(18)26-13-22(29)30-3;1-12(2)26-19-9-6-13(10-14(19)11-22)20-24-25-21(27-20)17-5-3-4-16-15(17)7-8-18(16)23/h4-7,10-11,14,20,26H,8-9,13H2,1-3H3;3-6,9-10,12,18H,7-8,23H2,1-2H3/t20-;18-/m00/s1. The molecule has 8 rings (SSSR count). The molecule has 3 N–H and O–H groups in total. The first kappa shape index (κ1) is 41.1. The van der Waals surface area contributed by atoms with Crippen LogP contribution in [0.3, 0.4) is 0 Å². The number of ether oxygens (including phenoxy) is 3. The quantitative estimate of drug-likeness (QED) is 0.119. The molecule has 2 aromatic heterocycles. The van der Waals surface area contributed by atoms with Crippen molar-refractivity contribution in [3.63, 3.8) is 0 Å². The number of nitrogens with zero attached hydrogens (tertiary/aromatic N) is 6. The third kappa shape index (κ3) is 9.17. The Hall–Kier alpha value is -6.03. The van der Waals surface area contributed by atoms with Crippen molar-refractivity contribution in [1.82, 2.24) is 25.7 Å². The van der Waals surface area contributed by atoms with Crippen LogP contribution in [0, 0.1) is 22.7 Å². The highest BCUT2D eigenvalue weighted by molar-refractivity contribution is 7.18. The number of methoxy groups -OCH3 is 1. The van der Waals surface area contributed by atoms with E-state index in [0.29, 0.717) is 22.6 Å². The van der Waals surface area contributed by atoms with E-state index in [9.17, 15) is 15.3 Å². The molecule has 0 unspecified atom stereocenters. The van der Waals surface area contributed by atoms with Gasteiger partial charge in [-0.25, -0.2) is 0 Å². The molecule has 0 fully saturated rings. The highest BCUT2D eigenvalue weighted by Gasteiger charge is 2.27. The lowest BCUT2D eigenvalue weighted by atomic mass is 10.0. The fourth-order valence-electron chi connectivity index (χ4n) is 7.34. The van der Waals surface area contributed by atoms with E-state index in [0.717, 1.165) is 68.0 Å². The van der Waals surface area contributed by atoms with Crippen molar-refractivity contribution in [3.05, 3.63) is 106 Å². The van der Waals surface area contributed by atoms with Crippen molar-refractivity contribution in [1.29, 1.82) is 10.5 Å². The van der Waals surface area contributed by atoms with Crippen molar-refractivity contribution in [2.75, 3.05) is 13.7 Å². The second-order valence-electron chi connectivity index (χ2n) is 14.7. The Morgan fingerprint density at radius 2 is 1.24 bits per heavy atom. The maximum atomic E-state index is 11.5. The molecule has 0 amide bonds. The summed E-state index contributed by atoms with van der Waals surface area (Å²) < 4.78 is 16.1. The zero-order valence-corrected chi connectivity index (χ0v) is 35.1. The Morgan fingerprint density at radius 3 is 1.75 bits per heavy atom. The van der Waals surface area contributed by atoms with Crippen LogP contribution < -0.4 is 20.5 Å². The van der Waals surface area contributed by atoms with Gasteiger partial charge in [-0.05, 0) is 112 Å². The molecule has 2 atom stereocenters. The van der Waals surface area contributed by atoms with Crippen LogP contribution in [0.15, 0.2) is 72.8 Å². The van der Waals surface area contributed by atoms with E-state index in [2.05, 4.69) is 62.1 Å². The molecule has 300 valence electrons. The summed E-state index contributed by atoms with van der Waals surface area (Å²) in [6.45, 7) is 7.93. The van der Waals surface area contributed by atoms with Crippen LogP contribution in [-0.2, 0) is 22.4 Å². The first-order chi connectivity index (χ1) is 28.6. The molecule has 2 aliphatic carbocycles. The predicted molar refractivity (Wildman–Crippen MR) is 229 cm³/mol. The minimum absolute atomic E-state index is 0.00723. The lowest BCUT2D eigenvalue weighted by Crippen LogP contribution is -2.27. The molecular formula is C45H44N8O4S2. The zero-order chi connectivity index (χ0) is 41.6. The average molecular weight is 825 g/mol. The van der Waals surface area contributed by atoms with Gasteiger partial charge >= 0.3 is 5.97 Å². The normalized spacial score (nSPS) is 15.2. The number of hydrogen-bond acceptors (Lipinski definition) is 14. The Balaban J connectivity index is 0.000000181. The molecule has 12 nitrogen and oxygen atoms in total. The highest BCUT2D eigenvalue weighted by atomic mass is 32.1. The maximum Gasteiger partial charge on any atom is 0.319 e. The molecule has 0 bridgehead atoms. The van der Waals surface area contributed by atoms with Gasteiger partial charge in [-0.2, -0.15) is 10.5 Å². The Bertz CT molecular complexity index is 2570. The molecule has 2 aliphatic rings. The van der Waals surface area contributed by atoms with Crippen LogP contribution in [0.1, 0.15) is 86.0 Å². The van der Waals surface area contributed by atoms with Crippen LogP contribution in [0.2, 0.25) is 0 Å². The first-order valence-electron chi connectivity index (χ1n) is 19.5. The monoisotopic (exact) mass is 824 g/mol. The van der Waals surface area contributed by atoms with E-state index >= 15 is 0 Å². The van der Waals surface area contributed by atoms with E-state index in [-0.39, 0.29) is 36.8 Å². The van der Waals surface area contributed by atoms with Crippen molar-refractivity contribution in [3.8, 4) is 65.9 Å². The number of nitrogens with two attached hydrogens (primary N) is 1. The summed E-state index contributed by atoms with van der Waals surface area (Å²) in [7, 11) is 1.39. The summed E-state index contributed by atoms with van der Waals surface area (Å²) in [6, 6.07) is 28.1. The van der Waals surface area contributed by atoms with Gasteiger partial charge < -0.3 is 25.3 Å². The van der Waals surface area contributed by atoms with Crippen molar-refractivity contribution >= 4 is 28.6 Å². The second kappa shape index (κ2) is 18.3. The van der Waals surface area contributed by atoms with E-state index in [1.165, 1.54) is 52.0 Å². The van der Waals surface area contributed by atoms with Crippen molar-refractivity contribution in [2.24, 2.45) is 5.73 Å². The maximum absolute atomic E-state index is 11.5. The van der Waals surface area contributed by atoms with Crippen LogP contribution in [0.5, 0.6) is 11.5 Å². The Morgan fingerprint density at radius 1 is 0.746 bits per heavy atom. The lowest BCUT2D eigenvalue weighted by Gasteiger charge is -2.13. The molecule has 2 heterocycles. The minimum atomic E-state index is -0.273. The molecule has 0 spiro atoms. The SMILES string of the molecule is CC(C)Oc1ccc(-c2nnc(-c3cccc4c3CC[C@@H]4N)s2)cc1C#N.COC(=O)CN[C@H]1CCc2c(-c3nnc(-c4ccc(OC(C)C)c(C#N)c4)s3)cccc21. The largest absolute Gasteiger partial charge is 0.490 e. The number of fused-ring (bicyclic) bond motifs is 2. The second-order valence-corrected chi connectivity index (χ2v) is 16.7. The highest BCUT2D eigenvalue weighted by Crippen LogP contribution is 2.41. The summed E-state index contributed by atoms with van der Waals surface area (Å²) in [5, 5.41) is 43.1. The summed E-state index contributed by atoms with van der Waals surface area (Å²) >= 11 is 3.03. The third-order valence-electron chi connectivity index (χ3n) is 10.0. The number of hydrogen-bond donors (Lipinski definition) is 2. The number of aromatic nitrogens is 4. The number of nitriles is 2. The number of benzene rings is 4. The summed E-state index contributed by atoms with van der Waals surface area (Å²) in [6.07, 6.45) is 3.77. The molecule has 0 saturated carbocycles. The van der Waals surface area contributed by atoms with E-state index in [1.807, 2.05) is 70.2 Å². The van der Waals surface area contributed by atoms with Gasteiger partial charge in [-0.15, -0.1) is 20.4 Å². The average Bonchev–Trinajstić information content (AvgIpc) is 4.07. The molecular weight excluding hydrogens is 781 g/mol. The molecule has 59 heavy (non-hydrogen) atoms. The molecule has 14 heteroatoms. The molecule has 0 aliphatic heterocycles. The zero-order valence-electron chi connectivity index (χ0n) is 33.5. The van der Waals surface area contributed by atoms with Gasteiger partial charge in [0.15, 0.2) is 0 Å². The van der Waals surface area contributed by atoms with Gasteiger partial charge in [-0.3, -0.25) is 4.79 Å². The van der Waals surface area contributed by atoms with Crippen LogP contribution in [-0.4, -0.2) is 52.2 Å². The van der Waals surface area contributed by atoms with Gasteiger partial charge in [0.2, 0.25) is 0 Å². The van der Waals surface area contributed by atoms with Crippen molar-refractivity contribution < 1.29 is 19.0 Å². The van der Waals surface area contributed by atoms with Gasteiger partial charge in [0.1, 0.15) is 43.7 Å². The molecule has 0 saturated heterocycles. The number of rotatable bonds is 11. The number of carbonyl (C=O) groups is 1. The fraction of sp³-hybridized carbons (Fsp3) is 0.311. The third-order valence-corrected chi connectivity index (χ3v) is 12.0. The van der Waals surface area contributed by atoms with Crippen LogP contribution in [0.25, 0.3) is 42.3 Å². The van der Waals surface area contributed by atoms with E-state index in [1.54, 1.807) is 6.07 Å². The van der Waals surface area contributed by atoms with Gasteiger partial charge in [0.05, 0.1) is 37.0 Å². The number of nitrogens with one attached hydrogen (secondary N) is 1. The van der Waals surface area contributed by atoms with E-state index in [4.69, 9.17) is 19.9 Å². The Labute approximate surface area is 351 Å². The molecule has 6 aromatic rings. The fourth-order valence-corrected chi connectivity index (χ4v) is 9.13. The minimum Gasteiger partial charge on any atom is -0.490 e.